The third-order valence-electron chi connectivity index (χ3n) is 2.74. The summed E-state index contributed by atoms with van der Waals surface area (Å²) in [6, 6.07) is 5.68. The van der Waals surface area contributed by atoms with Crippen LogP contribution in [-0.4, -0.2) is 30.8 Å². The summed E-state index contributed by atoms with van der Waals surface area (Å²) in [4.78, 5) is 22.5. The molecule has 2 rings (SSSR count). The van der Waals surface area contributed by atoms with Crippen LogP contribution in [0.15, 0.2) is 29.4 Å². The molecule has 0 fully saturated rings. The average molecular weight is 294 g/mol. The summed E-state index contributed by atoms with van der Waals surface area (Å²) in [6.45, 7) is 0.537. The van der Waals surface area contributed by atoms with Crippen LogP contribution in [0, 0.1) is 5.82 Å². The number of ether oxygens (including phenoxy) is 2. The number of hydrazone groups is 1. The van der Waals surface area contributed by atoms with Gasteiger partial charge in [0.2, 0.25) is 5.91 Å². The van der Waals surface area contributed by atoms with E-state index in [-0.39, 0.29) is 36.9 Å². The van der Waals surface area contributed by atoms with E-state index < -0.39 is 5.97 Å². The van der Waals surface area contributed by atoms with Gasteiger partial charge in [-0.3, -0.25) is 4.79 Å². The van der Waals surface area contributed by atoms with Crippen LogP contribution in [0.4, 0.5) is 4.39 Å². The molecule has 1 aliphatic heterocycles. The van der Waals surface area contributed by atoms with Gasteiger partial charge in [-0.05, 0) is 24.3 Å². The molecule has 1 aromatic rings. The number of rotatable bonds is 6. The Kier molecular flexibility index (Phi) is 5.25. The molecule has 6 nitrogen and oxygen atoms in total. The van der Waals surface area contributed by atoms with E-state index in [0.29, 0.717) is 18.8 Å². The van der Waals surface area contributed by atoms with Crippen LogP contribution in [0.3, 0.4) is 0 Å². The molecular weight excluding hydrogens is 279 g/mol. The van der Waals surface area contributed by atoms with E-state index >= 15 is 0 Å². The first-order valence-electron chi connectivity index (χ1n) is 6.56. The molecule has 21 heavy (non-hydrogen) atoms. The maximum atomic E-state index is 12.7. The lowest BCUT2D eigenvalue weighted by atomic mass is 10.2. The number of hydrogen-bond donors (Lipinski definition) is 1. The fraction of sp³-hybridized carbons (Fsp3) is 0.357. The van der Waals surface area contributed by atoms with Crippen molar-refractivity contribution < 1.29 is 23.5 Å². The zero-order chi connectivity index (χ0) is 15.1. The Balaban J connectivity index is 1.62. The highest BCUT2D eigenvalue weighted by Gasteiger charge is 2.19. The van der Waals surface area contributed by atoms with Crippen LogP contribution in [0.5, 0.6) is 5.75 Å². The van der Waals surface area contributed by atoms with E-state index in [9.17, 15) is 14.0 Å². The second-order valence-corrected chi connectivity index (χ2v) is 4.39. The zero-order valence-electron chi connectivity index (χ0n) is 11.3. The Morgan fingerprint density at radius 3 is 2.67 bits per heavy atom. The summed E-state index contributed by atoms with van der Waals surface area (Å²) in [6.07, 6.45) is 1.03. The molecule has 1 heterocycles. The fourth-order valence-electron chi connectivity index (χ4n) is 1.65. The van der Waals surface area contributed by atoms with Gasteiger partial charge in [0.15, 0.2) is 0 Å². The predicted molar refractivity (Wildman–Crippen MR) is 72.3 cm³/mol. The Morgan fingerprint density at radius 1 is 1.24 bits per heavy atom. The SMILES string of the molecule is O=C1CCC(C(=O)OCCCOc2ccc(F)cc2)=NN1. The van der Waals surface area contributed by atoms with Crippen molar-refractivity contribution in [3.8, 4) is 5.75 Å². The van der Waals surface area contributed by atoms with Crippen molar-refractivity contribution in [2.24, 2.45) is 5.10 Å². The van der Waals surface area contributed by atoms with Crippen LogP contribution in [0.1, 0.15) is 19.3 Å². The Bertz CT molecular complexity index is 542. The Hall–Kier alpha value is -2.44. The third-order valence-corrected chi connectivity index (χ3v) is 2.74. The molecule has 112 valence electrons. The molecule has 1 aromatic carbocycles. The highest BCUT2D eigenvalue weighted by atomic mass is 19.1. The lowest BCUT2D eigenvalue weighted by molar-refractivity contribution is -0.136. The van der Waals surface area contributed by atoms with Gasteiger partial charge in [0.1, 0.15) is 17.3 Å². The van der Waals surface area contributed by atoms with E-state index in [0.717, 1.165) is 0 Å². The fourth-order valence-corrected chi connectivity index (χ4v) is 1.65. The van der Waals surface area contributed by atoms with E-state index in [2.05, 4.69) is 10.5 Å². The summed E-state index contributed by atoms with van der Waals surface area (Å²) < 4.78 is 23.0. The highest BCUT2D eigenvalue weighted by molar-refractivity contribution is 6.37. The summed E-state index contributed by atoms with van der Waals surface area (Å²) in [5.74, 6) is -0.505. The average Bonchev–Trinajstić information content (AvgIpc) is 2.49. The summed E-state index contributed by atoms with van der Waals surface area (Å²) in [5, 5.41) is 3.64. The van der Waals surface area contributed by atoms with Crippen LogP contribution in [-0.2, 0) is 14.3 Å². The van der Waals surface area contributed by atoms with Crippen LogP contribution in [0.2, 0.25) is 0 Å². The van der Waals surface area contributed by atoms with Crippen molar-refractivity contribution in [2.75, 3.05) is 13.2 Å². The number of hydrogen-bond acceptors (Lipinski definition) is 5. The molecule has 0 atom stereocenters. The van der Waals surface area contributed by atoms with Crippen LogP contribution >= 0.6 is 0 Å². The van der Waals surface area contributed by atoms with Crippen molar-refractivity contribution in [3.05, 3.63) is 30.1 Å². The van der Waals surface area contributed by atoms with Crippen molar-refractivity contribution >= 4 is 17.6 Å². The van der Waals surface area contributed by atoms with E-state index in [1.54, 1.807) is 0 Å². The number of carbonyl (C=O) groups excluding carboxylic acids is 2. The summed E-state index contributed by atoms with van der Waals surface area (Å²) in [5.41, 5.74) is 2.45. The number of halogens is 1. The quantitative estimate of drug-likeness (QED) is 0.635. The standard InChI is InChI=1S/C14H15FN2O4/c15-10-2-4-11(5-3-10)20-8-1-9-21-14(19)12-6-7-13(18)17-16-12/h2-5H,1,6-9H2,(H,17,18). The second-order valence-electron chi connectivity index (χ2n) is 4.39. The number of nitrogens with one attached hydrogen (secondary N) is 1. The van der Waals surface area contributed by atoms with Gasteiger partial charge in [-0.25, -0.2) is 14.6 Å². The Morgan fingerprint density at radius 2 is 2.00 bits per heavy atom. The predicted octanol–water partition coefficient (Wildman–Crippen LogP) is 1.40. The van der Waals surface area contributed by atoms with Crippen LogP contribution < -0.4 is 10.2 Å². The molecule has 1 aliphatic rings. The van der Waals surface area contributed by atoms with Crippen molar-refractivity contribution in [1.29, 1.82) is 0 Å². The number of benzene rings is 1. The molecule has 1 N–H and O–H groups in total. The minimum absolute atomic E-state index is 0.187. The van der Waals surface area contributed by atoms with Gasteiger partial charge in [0, 0.05) is 19.3 Å². The number of carbonyl (C=O) groups is 2. The van der Waals surface area contributed by atoms with Gasteiger partial charge in [0.05, 0.1) is 13.2 Å². The minimum Gasteiger partial charge on any atom is -0.493 e. The largest absolute Gasteiger partial charge is 0.493 e. The molecule has 0 radical (unpaired) electrons. The van der Waals surface area contributed by atoms with Gasteiger partial charge in [-0.15, -0.1) is 0 Å². The lowest BCUT2D eigenvalue weighted by Crippen LogP contribution is -2.30. The van der Waals surface area contributed by atoms with Crippen LogP contribution in [0.25, 0.3) is 0 Å². The Labute approximate surface area is 120 Å². The normalized spacial score (nSPS) is 14.1. The van der Waals surface area contributed by atoms with Crippen molar-refractivity contribution in [3.63, 3.8) is 0 Å². The van der Waals surface area contributed by atoms with Crippen molar-refractivity contribution in [2.45, 2.75) is 19.3 Å². The first-order chi connectivity index (χ1) is 10.1. The van der Waals surface area contributed by atoms with Crippen molar-refractivity contribution in [1.82, 2.24) is 5.43 Å². The van der Waals surface area contributed by atoms with E-state index in [4.69, 9.17) is 9.47 Å². The topological polar surface area (TPSA) is 77.0 Å². The molecule has 0 aliphatic carbocycles. The van der Waals surface area contributed by atoms with E-state index in [1.807, 2.05) is 0 Å². The minimum atomic E-state index is -0.531. The maximum absolute atomic E-state index is 12.7. The van der Waals surface area contributed by atoms with Gasteiger partial charge in [0.25, 0.3) is 0 Å². The summed E-state index contributed by atoms with van der Waals surface area (Å²) >= 11 is 0. The molecule has 0 saturated heterocycles. The zero-order valence-corrected chi connectivity index (χ0v) is 11.3. The molecule has 1 amide bonds. The second kappa shape index (κ2) is 7.37. The smallest absolute Gasteiger partial charge is 0.354 e. The number of nitrogens with zero attached hydrogens (tertiary/aromatic N) is 1. The lowest BCUT2D eigenvalue weighted by Gasteiger charge is -2.11. The first-order valence-corrected chi connectivity index (χ1v) is 6.56. The third kappa shape index (κ3) is 4.87. The molecule has 0 aromatic heterocycles. The molecule has 0 saturated carbocycles. The highest BCUT2D eigenvalue weighted by Crippen LogP contribution is 2.11. The van der Waals surface area contributed by atoms with Gasteiger partial charge in [-0.1, -0.05) is 0 Å². The molecule has 0 unspecified atom stereocenters. The summed E-state index contributed by atoms with van der Waals surface area (Å²) in [7, 11) is 0. The molecular formula is C14H15FN2O4. The first kappa shape index (κ1) is 15.0. The number of amides is 1. The molecule has 7 heteroatoms. The van der Waals surface area contributed by atoms with Gasteiger partial charge in [-0.2, -0.15) is 5.10 Å². The number of esters is 1. The van der Waals surface area contributed by atoms with E-state index in [1.165, 1.54) is 24.3 Å². The van der Waals surface area contributed by atoms with Gasteiger partial charge >= 0.3 is 5.97 Å². The monoisotopic (exact) mass is 294 g/mol. The molecule has 0 bridgehead atoms. The molecule has 0 spiro atoms. The van der Waals surface area contributed by atoms with Gasteiger partial charge < -0.3 is 9.47 Å². The maximum Gasteiger partial charge on any atom is 0.354 e.